The summed E-state index contributed by atoms with van der Waals surface area (Å²) in [4.78, 5) is 2.72. The molecular formula is C15H26N2O2S. The van der Waals surface area contributed by atoms with E-state index in [2.05, 4.69) is 24.1 Å². The van der Waals surface area contributed by atoms with Gasteiger partial charge in [-0.2, -0.15) is 0 Å². The third kappa shape index (κ3) is 4.80. The Morgan fingerprint density at radius 2 is 1.75 bits per heavy atom. The number of anilines is 1. The van der Waals surface area contributed by atoms with Gasteiger partial charge in [-0.15, -0.1) is 0 Å². The minimum Gasteiger partial charge on any atom is -0.383 e. The summed E-state index contributed by atoms with van der Waals surface area (Å²) in [5.74, 6) is 0.196. The van der Waals surface area contributed by atoms with Crippen molar-refractivity contribution in [1.82, 2.24) is 4.90 Å². The molecule has 1 aromatic carbocycles. The predicted molar refractivity (Wildman–Crippen MR) is 85.1 cm³/mol. The van der Waals surface area contributed by atoms with E-state index in [-0.39, 0.29) is 5.75 Å². The SMILES string of the molecule is CCCS(=O)(=O)c1ccccc1NCCN(CC)CC. The number of nitrogens with one attached hydrogen (secondary N) is 1. The Bertz CT molecular complexity index is 496. The van der Waals surface area contributed by atoms with E-state index in [0.29, 0.717) is 17.0 Å². The van der Waals surface area contributed by atoms with Crippen LogP contribution in [0, 0.1) is 0 Å². The Balaban J connectivity index is 2.76. The van der Waals surface area contributed by atoms with Crippen LogP contribution in [0.2, 0.25) is 0 Å². The van der Waals surface area contributed by atoms with Gasteiger partial charge < -0.3 is 10.2 Å². The molecule has 20 heavy (non-hydrogen) atoms. The molecule has 0 heterocycles. The van der Waals surface area contributed by atoms with Crippen LogP contribution in [-0.4, -0.2) is 45.2 Å². The van der Waals surface area contributed by atoms with Crippen molar-refractivity contribution in [2.45, 2.75) is 32.1 Å². The summed E-state index contributed by atoms with van der Waals surface area (Å²) in [5.41, 5.74) is 0.716. The van der Waals surface area contributed by atoms with Crippen LogP contribution in [0.15, 0.2) is 29.2 Å². The highest BCUT2D eigenvalue weighted by atomic mass is 32.2. The first kappa shape index (κ1) is 17.0. The van der Waals surface area contributed by atoms with Gasteiger partial charge in [0, 0.05) is 13.1 Å². The Labute approximate surface area is 123 Å². The Hall–Kier alpha value is -1.07. The zero-order valence-electron chi connectivity index (χ0n) is 12.7. The van der Waals surface area contributed by atoms with E-state index in [1.54, 1.807) is 12.1 Å². The lowest BCUT2D eigenvalue weighted by molar-refractivity contribution is 0.316. The molecule has 4 nitrogen and oxygen atoms in total. The Morgan fingerprint density at radius 1 is 1.10 bits per heavy atom. The third-order valence-electron chi connectivity index (χ3n) is 3.33. The van der Waals surface area contributed by atoms with Crippen molar-refractivity contribution in [3.8, 4) is 0 Å². The van der Waals surface area contributed by atoms with Gasteiger partial charge in [0.2, 0.25) is 0 Å². The fourth-order valence-electron chi connectivity index (χ4n) is 2.15. The second-order valence-electron chi connectivity index (χ2n) is 4.77. The minimum atomic E-state index is -3.18. The van der Waals surface area contributed by atoms with Crippen molar-refractivity contribution in [3.05, 3.63) is 24.3 Å². The number of nitrogens with zero attached hydrogens (tertiary/aromatic N) is 1. The van der Waals surface area contributed by atoms with Gasteiger partial charge in [0.15, 0.2) is 9.84 Å². The third-order valence-corrected chi connectivity index (χ3v) is 5.30. The van der Waals surface area contributed by atoms with Crippen LogP contribution < -0.4 is 5.32 Å². The fourth-order valence-corrected chi connectivity index (χ4v) is 3.67. The van der Waals surface area contributed by atoms with E-state index < -0.39 is 9.84 Å². The first-order valence-corrected chi connectivity index (χ1v) is 8.98. The number of hydrogen-bond acceptors (Lipinski definition) is 4. The molecule has 0 aliphatic heterocycles. The van der Waals surface area contributed by atoms with Gasteiger partial charge >= 0.3 is 0 Å². The molecule has 0 saturated heterocycles. The smallest absolute Gasteiger partial charge is 0.180 e. The van der Waals surface area contributed by atoms with E-state index in [4.69, 9.17) is 0 Å². The van der Waals surface area contributed by atoms with Gasteiger partial charge in [0.25, 0.3) is 0 Å². The maximum absolute atomic E-state index is 12.2. The number of likely N-dealkylation sites (N-methyl/N-ethyl adjacent to an activating group) is 1. The molecule has 0 spiro atoms. The zero-order chi connectivity index (χ0) is 15.0. The molecule has 1 rings (SSSR count). The molecule has 0 aliphatic rings. The lowest BCUT2D eigenvalue weighted by Gasteiger charge is -2.19. The molecule has 1 N–H and O–H groups in total. The van der Waals surface area contributed by atoms with Crippen LogP contribution >= 0.6 is 0 Å². The number of hydrogen-bond donors (Lipinski definition) is 1. The summed E-state index contributed by atoms with van der Waals surface area (Å²) in [7, 11) is -3.18. The lowest BCUT2D eigenvalue weighted by atomic mass is 10.3. The highest BCUT2D eigenvalue weighted by Gasteiger charge is 2.17. The second kappa shape index (κ2) is 8.27. The predicted octanol–water partition coefficient (Wildman–Crippen LogP) is 2.62. The van der Waals surface area contributed by atoms with E-state index in [9.17, 15) is 8.42 Å². The van der Waals surface area contributed by atoms with Crippen LogP contribution in [0.5, 0.6) is 0 Å². The molecule has 0 bridgehead atoms. The standard InChI is InChI=1S/C15H26N2O2S/c1-4-13-20(18,19)15-10-8-7-9-14(15)16-11-12-17(5-2)6-3/h7-10,16H,4-6,11-13H2,1-3H3. The topological polar surface area (TPSA) is 49.4 Å². The molecule has 0 saturated carbocycles. The van der Waals surface area contributed by atoms with Crippen LogP contribution in [0.4, 0.5) is 5.69 Å². The van der Waals surface area contributed by atoms with E-state index in [1.807, 2.05) is 19.1 Å². The van der Waals surface area contributed by atoms with Crippen LogP contribution in [0.3, 0.4) is 0 Å². The molecular weight excluding hydrogens is 272 g/mol. The normalized spacial score (nSPS) is 11.8. The van der Waals surface area contributed by atoms with Crippen molar-refractivity contribution in [3.63, 3.8) is 0 Å². The highest BCUT2D eigenvalue weighted by molar-refractivity contribution is 7.91. The first-order chi connectivity index (χ1) is 9.55. The van der Waals surface area contributed by atoms with Crippen LogP contribution in [0.1, 0.15) is 27.2 Å². The monoisotopic (exact) mass is 298 g/mol. The maximum atomic E-state index is 12.2. The molecule has 0 amide bonds. The molecule has 0 radical (unpaired) electrons. The van der Waals surface area contributed by atoms with Crippen molar-refractivity contribution in [1.29, 1.82) is 0 Å². The molecule has 1 aromatic rings. The summed E-state index contributed by atoms with van der Waals surface area (Å²) >= 11 is 0. The minimum absolute atomic E-state index is 0.196. The summed E-state index contributed by atoms with van der Waals surface area (Å²) in [6.07, 6.45) is 0.635. The quantitative estimate of drug-likeness (QED) is 0.761. The van der Waals surface area contributed by atoms with Gasteiger partial charge in [-0.1, -0.05) is 32.9 Å². The van der Waals surface area contributed by atoms with Crippen molar-refractivity contribution in [2.24, 2.45) is 0 Å². The zero-order valence-corrected chi connectivity index (χ0v) is 13.5. The molecule has 0 atom stereocenters. The average Bonchev–Trinajstić information content (AvgIpc) is 2.44. The number of rotatable bonds is 9. The summed E-state index contributed by atoms with van der Waals surface area (Å²) < 4.78 is 24.4. The molecule has 114 valence electrons. The highest BCUT2D eigenvalue weighted by Crippen LogP contribution is 2.22. The Kier molecular flexibility index (Phi) is 7.02. The van der Waals surface area contributed by atoms with Crippen molar-refractivity contribution >= 4 is 15.5 Å². The molecule has 0 aliphatic carbocycles. The molecule has 0 aromatic heterocycles. The molecule has 0 unspecified atom stereocenters. The fraction of sp³-hybridized carbons (Fsp3) is 0.600. The number of sulfone groups is 1. The van der Waals surface area contributed by atoms with Gasteiger partial charge in [-0.25, -0.2) is 8.42 Å². The maximum Gasteiger partial charge on any atom is 0.180 e. The van der Waals surface area contributed by atoms with Gasteiger partial charge in [-0.05, 0) is 31.6 Å². The molecule has 0 fully saturated rings. The largest absolute Gasteiger partial charge is 0.383 e. The van der Waals surface area contributed by atoms with Crippen LogP contribution in [-0.2, 0) is 9.84 Å². The molecule has 5 heteroatoms. The summed E-state index contributed by atoms with van der Waals surface area (Å²) in [6, 6.07) is 7.17. The number of para-hydroxylation sites is 1. The van der Waals surface area contributed by atoms with Gasteiger partial charge in [-0.3, -0.25) is 0 Å². The van der Waals surface area contributed by atoms with Crippen molar-refractivity contribution < 1.29 is 8.42 Å². The van der Waals surface area contributed by atoms with Gasteiger partial charge in [0.05, 0.1) is 16.3 Å². The summed E-state index contributed by atoms with van der Waals surface area (Å²) in [6.45, 7) is 9.82. The van der Waals surface area contributed by atoms with E-state index >= 15 is 0 Å². The number of benzene rings is 1. The Morgan fingerprint density at radius 3 is 2.35 bits per heavy atom. The van der Waals surface area contributed by atoms with E-state index in [0.717, 1.165) is 26.2 Å². The lowest BCUT2D eigenvalue weighted by Crippen LogP contribution is -2.28. The average molecular weight is 298 g/mol. The first-order valence-electron chi connectivity index (χ1n) is 7.33. The summed E-state index contributed by atoms with van der Waals surface area (Å²) in [5, 5.41) is 3.26. The van der Waals surface area contributed by atoms with Gasteiger partial charge in [0.1, 0.15) is 0 Å². The van der Waals surface area contributed by atoms with Crippen LogP contribution in [0.25, 0.3) is 0 Å². The van der Waals surface area contributed by atoms with Crippen molar-refractivity contribution in [2.75, 3.05) is 37.2 Å². The second-order valence-corrected chi connectivity index (χ2v) is 6.85. The van der Waals surface area contributed by atoms with E-state index in [1.165, 1.54) is 0 Å².